The minimum atomic E-state index is -0.850. The van der Waals surface area contributed by atoms with Crippen LogP contribution in [0.4, 0.5) is 5.13 Å². The number of carboxylic acid groups (broad SMARTS) is 1. The lowest BCUT2D eigenvalue weighted by molar-refractivity contribution is -0.142. The number of hydrogen-bond acceptors (Lipinski definition) is 6. The molecule has 0 aliphatic heterocycles. The van der Waals surface area contributed by atoms with E-state index in [0.717, 1.165) is 0 Å². The Balaban J connectivity index is 2.65. The Morgan fingerprint density at radius 3 is 2.74 bits per heavy atom. The van der Waals surface area contributed by atoms with Crippen molar-refractivity contribution in [3.63, 3.8) is 0 Å². The second kappa shape index (κ2) is 7.08. The maximum Gasteiger partial charge on any atom is 0.328 e. The summed E-state index contributed by atoms with van der Waals surface area (Å²) in [5.41, 5.74) is 0.710. The van der Waals surface area contributed by atoms with E-state index >= 15 is 0 Å². The van der Waals surface area contributed by atoms with Crippen LogP contribution in [0, 0.1) is 5.92 Å². The number of hydrogen-bond donors (Lipinski definition) is 2. The number of carboxylic acids is 1. The molecule has 0 bridgehead atoms. The van der Waals surface area contributed by atoms with E-state index in [1.807, 2.05) is 13.8 Å². The summed E-state index contributed by atoms with van der Waals surface area (Å²) in [4.78, 5) is 26.3. The second-order valence-corrected chi connectivity index (χ2v) is 5.29. The molecule has 0 aromatic carbocycles. The van der Waals surface area contributed by atoms with Gasteiger partial charge in [0, 0.05) is 11.8 Å². The molecule has 7 heteroatoms. The molecular weight excluding hydrogens is 268 g/mol. The largest absolute Gasteiger partial charge is 0.481 e. The van der Waals surface area contributed by atoms with Crippen LogP contribution in [0.2, 0.25) is 0 Å². The fraction of sp³-hybridized carbons (Fsp3) is 0.583. The topological polar surface area (TPSA) is 88.5 Å². The van der Waals surface area contributed by atoms with Crippen molar-refractivity contribution in [3.05, 3.63) is 11.1 Å². The normalized spacial score (nSPS) is 12.2. The van der Waals surface area contributed by atoms with Gasteiger partial charge < -0.3 is 15.2 Å². The molecule has 6 nitrogen and oxygen atoms in total. The number of methoxy groups -OCH3 is 1. The molecule has 106 valence electrons. The Morgan fingerprint density at radius 2 is 2.21 bits per heavy atom. The molecule has 0 saturated carbocycles. The molecule has 19 heavy (non-hydrogen) atoms. The average Bonchev–Trinajstić information content (AvgIpc) is 2.80. The van der Waals surface area contributed by atoms with Crippen molar-refractivity contribution in [2.45, 2.75) is 32.7 Å². The smallest absolute Gasteiger partial charge is 0.328 e. The Labute approximate surface area is 115 Å². The summed E-state index contributed by atoms with van der Waals surface area (Å²) >= 11 is 1.35. The van der Waals surface area contributed by atoms with Gasteiger partial charge in [0.05, 0.1) is 19.2 Å². The van der Waals surface area contributed by atoms with Gasteiger partial charge in [-0.15, -0.1) is 11.3 Å². The summed E-state index contributed by atoms with van der Waals surface area (Å²) in [7, 11) is 1.35. The lowest BCUT2D eigenvalue weighted by atomic mass is 10.1. The lowest BCUT2D eigenvalue weighted by Gasteiger charge is -2.18. The van der Waals surface area contributed by atoms with Crippen LogP contribution in [0.15, 0.2) is 5.38 Å². The average molecular weight is 286 g/mol. The molecule has 2 N–H and O–H groups in total. The minimum Gasteiger partial charge on any atom is -0.481 e. The van der Waals surface area contributed by atoms with Crippen molar-refractivity contribution in [2.75, 3.05) is 12.4 Å². The predicted octanol–water partition coefficient (Wildman–Crippen LogP) is 1.77. The number of thiazole rings is 1. The number of carbonyl (C=O) groups excluding carboxylic acids is 1. The highest BCUT2D eigenvalue weighted by Crippen LogP contribution is 2.20. The molecule has 0 radical (unpaired) electrons. The molecule has 1 aromatic rings. The molecule has 0 aliphatic rings. The van der Waals surface area contributed by atoms with Crippen molar-refractivity contribution in [1.29, 1.82) is 0 Å². The van der Waals surface area contributed by atoms with Crippen LogP contribution in [0.1, 0.15) is 26.0 Å². The van der Waals surface area contributed by atoms with E-state index in [2.05, 4.69) is 10.3 Å². The summed E-state index contributed by atoms with van der Waals surface area (Å²) in [6.45, 7) is 3.82. The number of aryl methyl sites for hydroxylation is 1. The highest BCUT2D eigenvalue weighted by atomic mass is 32.1. The molecule has 0 spiro atoms. The first kappa shape index (κ1) is 15.4. The molecule has 1 heterocycles. The Bertz CT molecular complexity index is 445. The summed E-state index contributed by atoms with van der Waals surface area (Å²) < 4.78 is 4.73. The Kier molecular flexibility index (Phi) is 5.75. The van der Waals surface area contributed by atoms with Crippen LogP contribution in [-0.4, -0.2) is 35.2 Å². The SMILES string of the molecule is COC(=O)C(Nc1nc(CCC(=O)O)cs1)C(C)C. The minimum absolute atomic E-state index is 0.0494. The molecule has 1 rings (SSSR count). The number of nitrogens with one attached hydrogen (secondary N) is 1. The zero-order chi connectivity index (χ0) is 14.4. The molecule has 1 unspecified atom stereocenters. The Morgan fingerprint density at radius 1 is 1.53 bits per heavy atom. The first-order valence-corrected chi connectivity index (χ1v) is 6.82. The third-order valence-corrected chi connectivity index (χ3v) is 3.37. The number of esters is 1. The number of carbonyl (C=O) groups is 2. The van der Waals surface area contributed by atoms with Crippen LogP contribution in [-0.2, 0) is 20.7 Å². The van der Waals surface area contributed by atoms with Gasteiger partial charge in [-0.1, -0.05) is 13.8 Å². The summed E-state index contributed by atoms with van der Waals surface area (Å²) in [6.07, 6.45) is 0.436. The molecule has 0 fully saturated rings. The molecule has 1 atom stereocenters. The van der Waals surface area contributed by atoms with E-state index in [-0.39, 0.29) is 18.3 Å². The summed E-state index contributed by atoms with van der Waals surface area (Å²) in [5.74, 6) is -1.12. The van der Waals surface area contributed by atoms with Crippen LogP contribution in [0.5, 0.6) is 0 Å². The monoisotopic (exact) mass is 286 g/mol. The fourth-order valence-electron chi connectivity index (χ4n) is 1.48. The number of anilines is 1. The number of rotatable bonds is 7. The van der Waals surface area contributed by atoms with Gasteiger partial charge in [-0.3, -0.25) is 4.79 Å². The van der Waals surface area contributed by atoms with E-state index < -0.39 is 12.0 Å². The molecule has 0 amide bonds. The number of aromatic nitrogens is 1. The van der Waals surface area contributed by atoms with Gasteiger partial charge in [0.15, 0.2) is 5.13 Å². The highest BCUT2D eigenvalue weighted by Gasteiger charge is 2.23. The number of aliphatic carboxylic acids is 1. The van der Waals surface area contributed by atoms with Crippen LogP contribution in [0.25, 0.3) is 0 Å². The van der Waals surface area contributed by atoms with Crippen LogP contribution < -0.4 is 5.32 Å². The van der Waals surface area contributed by atoms with E-state index in [9.17, 15) is 9.59 Å². The van der Waals surface area contributed by atoms with Gasteiger partial charge in [-0.2, -0.15) is 0 Å². The van der Waals surface area contributed by atoms with Crippen molar-refractivity contribution < 1.29 is 19.4 Å². The highest BCUT2D eigenvalue weighted by molar-refractivity contribution is 7.13. The predicted molar refractivity (Wildman–Crippen MR) is 72.3 cm³/mol. The summed E-state index contributed by atoms with van der Waals surface area (Å²) in [6, 6.07) is -0.455. The van der Waals surface area contributed by atoms with E-state index in [4.69, 9.17) is 9.84 Å². The van der Waals surface area contributed by atoms with Gasteiger partial charge in [0.2, 0.25) is 0 Å². The fourth-order valence-corrected chi connectivity index (χ4v) is 2.26. The maximum absolute atomic E-state index is 11.6. The van der Waals surface area contributed by atoms with Gasteiger partial charge in [-0.25, -0.2) is 9.78 Å². The molecule has 0 aliphatic carbocycles. The number of ether oxygens (including phenoxy) is 1. The zero-order valence-electron chi connectivity index (χ0n) is 11.2. The second-order valence-electron chi connectivity index (χ2n) is 4.43. The van der Waals surface area contributed by atoms with Crippen molar-refractivity contribution >= 4 is 28.4 Å². The summed E-state index contributed by atoms with van der Waals surface area (Å²) in [5, 5.41) is 14.0. The maximum atomic E-state index is 11.6. The van der Waals surface area contributed by atoms with Gasteiger partial charge in [0.1, 0.15) is 6.04 Å². The number of nitrogens with zero attached hydrogens (tertiary/aromatic N) is 1. The van der Waals surface area contributed by atoms with Crippen molar-refractivity contribution in [1.82, 2.24) is 4.98 Å². The van der Waals surface area contributed by atoms with Crippen LogP contribution >= 0.6 is 11.3 Å². The zero-order valence-corrected chi connectivity index (χ0v) is 12.0. The third kappa shape index (κ3) is 4.86. The molecule has 1 aromatic heterocycles. The van der Waals surface area contributed by atoms with Crippen molar-refractivity contribution in [2.24, 2.45) is 5.92 Å². The quantitative estimate of drug-likeness (QED) is 0.743. The van der Waals surface area contributed by atoms with Gasteiger partial charge >= 0.3 is 11.9 Å². The van der Waals surface area contributed by atoms with E-state index in [1.165, 1.54) is 18.4 Å². The Hall–Kier alpha value is -1.63. The first-order chi connectivity index (χ1) is 8.93. The third-order valence-electron chi connectivity index (χ3n) is 2.55. The lowest BCUT2D eigenvalue weighted by Crippen LogP contribution is -2.35. The van der Waals surface area contributed by atoms with Crippen LogP contribution in [0.3, 0.4) is 0 Å². The van der Waals surface area contributed by atoms with Gasteiger partial charge in [-0.05, 0) is 5.92 Å². The van der Waals surface area contributed by atoms with Crippen molar-refractivity contribution in [3.8, 4) is 0 Å². The van der Waals surface area contributed by atoms with E-state index in [0.29, 0.717) is 17.2 Å². The van der Waals surface area contributed by atoms with E-state index in [1.54, 1.807) is 5.38 Å². The molecule has 0 saturated heterocycles. The first-order valence-electron chi connectivity index (χ1n) is 5.94. The standard InChI is InChI=1S/C12H18N2O4S/c1-7(2)10(11(17)18-3)14-12-13-8(6-19-12)4-5-9(15)16/h6-7,10H,4-5H2,1-3H3,(H,13,14)(H,15,16). The molecular formula is C12H18N2O4S. The van der Waals surface area contributed by atoms with Gasteiger partial charge in [0.25, 0.3) is 0 Å².